The Kier molecular flexibility index (Phi) is 5.12. The van der Waals surface area contributed by atoms with Gasteiger partial charge in [-0.15, -0.1) is 0 Å². The number of benzene rings is 1. The molecule has 0 aliphatic carbocycles. The minimum absolute atomic E-state index is 0.196. The number of nitrogen functional groups attached to an aromatic ring is 1. The molecule has 0 heterocycles. The van der Waals surface area contributed by atoms with E-state index in [-0.39, 0.29) is 12.1 Å². The van der Waals surface area contributed by atoms with E-state index in [1.165, 1.54) is 0 Å². The van der Waals surface area contributed by atoms with Crippen LogP contribution < -0.4 is 16.2 Å². The predicted octanol–water partition coefficient (Wildman–Crippen LogP) is 2.55. The Morgan fingerprint density at radius 1 is 1.19 bits per heavy atom. The van der Waals surface area contributed by atoms with Crippen molar-refractivity contribution in [2.45, 2.75) is 45.3 Å². The lowest BCUT2D eigenvalue weighted by molar-refractivity contribution is 0.204. The van der Waals surface area contributed by atoms with Crippen molar-refractivity contribution >= 4 is 5.69 Å². The van der Waals surface area contributed by atoms with Crippen molar-refractivity contribution in [2.75, 3.05) is 5.73 Å². The summed E-state index contributed by atoms with van der Waals surface area (Å²) < 4.78 is 5.75. The van der Waals surface area contributed by atoms with E-state index in [2.05, 4.69) is 13.8 Å². The summed E-state index contributed by atoms with van der Waals surface area (Å²) in [5.74, 6) is 0.867. The van der Waals surface area contributed by atoms with Crippen molar-refractivity contribution in [2.24, 2.45) is 5.73 Å². The molecule has 0 fully saturated rings. The Morgan fingerprint density at radius 3 is 2.38 bits per heavy atom. The third kappa shape index (κ3) is 4.53. The molecule has 0 spiro atoms. The first kappa shape index (κ1) is 12.8. The highest BCUT2D eigenvalue weighted by Crippen LogP contribution is 2.16. The summed E-state index contributed by atoms with van der Waals surface area (Å²) >= 11 is 0. The van der Waals surface area contributed by atoms with Gasteiger partial charge in [-0.25, -0.2) is 0 Å². The van der Waals surface area contributed by atoms with E-state index in [9.17, 15) is 0 Å². The molecular weight excluding hydrogens is 200 g/mol. The summed E-state index contributed by atoms with van der Waals surface area (Å²) in [6, 6.07) is 7.77. The maximum Gasteiger partial charge on any atom is 0.119 e. The van der Waals surface area contributed by atoms with Crippen LogP contribution in [0.4, 0.5) is 5.69 Å². The van der Waals surface area contributed by atoms with Gasteiger partial charge in [0.2, 0.25) is 0 Å². The molecule has 0 aromatic heterocycles. The van der Waals surface area contributed by atoms with Crippen LogP contribution in [-0.4, -0.2) is 12.1 Å². The molecular formula is C13H22N2O. The number of hydrogen-bond acceptors (Lipinski definition) is 3. The highest BCUT2D eigenvalue weighted by Gasteiger charge is 2.06. The van der Waals surface area contributed by atoms with Crippen LogP contribution >= 0.6 is 0 Å². The molecule has 0 amide bonds. The number of anilines is 1. The predicted molar refractivity (Wildman–Crippen MR) is 68.4 cm³/mol. The standard InChI is InChI=1S/C13H22N2O/c1-3-11(14)5-4-10(2)16-13-8-6-12(15)7-9-13/h6-11H,3-5,14-15H2,1-2H3/t10?,11-/m0/s1. The quantitative estimate of drug-likeness (QED) is 0.727. The highest BCUT2D eigenvalue weighted by molar-refractivity contribution is 5.41. The van der Waals surface area contributed by atoms with E-state index in [1.807, 2.05) is 24.3 Å². The number of ether oxygens (including phenoxy) is 1. The second kappa shape index (κ2) is 6.38. The summed E-state index contributed by atoms with van der Waals surface area (Å²) in [5.41, 5.74) is 12.2. The lowest BCUT2D eigenvalue weighted by Gasteiger charge is -2.16. The molecule has 0 aliphatic heterocycles. The average molecular weight is 222 g/mol. The topological polar surface area (TPSA) is 61.3 Å². The smallest absolute Gasteiger partial charge is 0.119 e. The number of nitrogens with two attached hydrogens (primary N) is 2. The molecule has 0 aliphatic rings. The lowest BCUT2D eigenvalue weighted by Crippen LogP contribution is -2.22. The van der Waals surface area contributed by atoms with Gasteiger partial charge in [0, 0.05) is 11.7 Å². The summed E-state index contributed by atoms with van der Waals surface area (Å²) in [7, 11) is 0. The molecule has 90 valence electrons. The van der Waals surface area contributed by atoms with Crippen LogP contribution in [-0.2, 0) is 0 Å². The SMILES string of the molecule is CC[C@H](N)CCC(C)Oc1ccc(N)cc1. The summed E-state index contributed by atoms with van der Waals surface area (Å²) in [5, 5.41) is 0. The Hall–Kier alpha value is -1.22. The van der Waals surface area contributed by atoms with Crippen molar-refractivity contribution in [1.82, 2.24) is 0 Å². The average Bonchev–Trinajstić information content (AvgIpc) is 2.29. The van der Waals surface area contributed by atoms with E-state index in [0.29, 0.717) is 0 Å². The van der Waals surface area contributed by atoms with Crippen molar-refractivity contribution in [1.29, 1.82) is 0 Å². The van der Waals surface area contributed by atoms with E-state index in [0.717, 1.165) is 30.7 Å². The van der Waals surface area contributed by atoms with Gasteiger partial charge >= 0.3 is 0 Å². The number of rotatable bonds is 6. The molecule has 2 atom stereocenters. The van der Waals surface area contributed by atoms with E-state index >= 15 is 0 Å². The third-order valence-electron chi connectivity index (χ3n) is 2.69. The summed E-state index contributed by atoms with van der Waals surface area (Å²) in [6.07, 6.45) is 3.21. The van der Waals surface area contributed by atoms with Crippen molar-refractivity contribution in [3.63, 3.8) is 0 Å². The van der Waals surface area contributed by atoms with Crippen LogP contribution in [0.1, 0.15) is 33.1 Å². The van der Waals surface area contributed by atoms with Gasteiger partial charge in [-0.3, -0.25) is 0 Å². The zero-order valence-corrected chi connectivity index (χ0v) is 10.1. The van der Waals surface area contributed by atoms with Crippen molar-refractivity contribution in [3.05, 3.63) is 24.3 Å². The molecule has 1 aromatic rings. The second-order valence-electron chi connectivity index (χ2n) is 4.24. The van der Waals surface area contributed by atoms with Crippen molar-refractivity contribution in [3.8, 4) is 5.75 Å². The summed E-state index contributed by atoms with van der Waals surface area (Å²) in [4.78, 5) is 0. The third-order valence-corrected chi connectivity index (χ3v) is 2.69. The van der Waals surface area contributed by atoms with E-state index < -0.39 is 0 Å². The lowest BCUT2D eigenvalue weighted by atomic mass is 10.1. The largest absolute Gasteiger partial charge is 0.491 e. The Labute approximate surface area is 97.8 Å². The Morgan fingerprint density at radius 2 is 1.81 bits per heavy atom. The molecule has 3 nitrogen and oxygen atoms in total. The van der Waals surface area contributed by atoms with Gasteiger partial charge in [0.05, 0.1) is 6.10 Å². The first-order chi connectivity index (χ1) is 7.61. The normalized spacial score (nSPS) is 14.4. The monoisotopic (exact) mass is 222 g/mol. The fraction of sp³-hybridized carbons (Fsp3) is 0.538. The highest BCUT2D eigenvalue weighted by atomic mass is 16.5. The zero-order chi connectivity index (χ0) is 12.0. The molecule has 3 heteroatoms. The fourth-order valence-corrected chi connectivity index (χ4v) is 1.49. The van der Waals surface area contributed by atoms with E-state index in [1.54, 1.807) is 0 Å². The molecule has 4 N–H and O–H groups in total. The molecule has 1 rings (SSSR count). The van der Waals surface area contributed by atoms with Crippen LogP contribution in [0, 0.1) is 0 Å². The van der Waals surface area contributed by atoms with Gasteiger partial charge in [0.1, 0.15) is 5.75 Å². The van der Waals surface area contributed by atoms with Crippen LogP contribution in [0.25, 0.3) is 0 Å². The Bertz CT molecular complexity index is 297. The van der Waals surface area contributed by atoms with Crippen LogP contribution in [0.2, 0.25) is 0 Å². The summed E-state index contributed by atoms with van der Waals surface area (Å²) in [6.45, 7) is 4.18. The van der Waals surface area contributed by atoms with Crippen molar-refractivity contribution < 1.29 is 4.74 Å². The molecule has 1 unspecified atom stereocenters. The molecule has 16 heavy (non-hydrogen) atoms. The van der Waals surface area contributed by atoms with Gasteiger partial charge in [0.15, 0.2) is 0 Å². The first-order valence-electron chi connectivity index (χ1n) is 5.89. The molecule has 0 saturated heterocycles. The van der Waals surface area contributed by atoms with E-state index in [4.69, 9.17) is 16.2 Å². The minimum atomic E-state index is 0.196. The Balaban J connectivity index is 2.33. The minimum Gasteiger partial charge on any atom is -0.491 e. The zero-order valence-electron chi connectivity index (χ0n) is 10.1. The fourth-order valence-electron chi connectivity index (χ4n) is 1.49. The van der Waals surface area contributed by atoms with Gasteiger partial charge in [-0.1, -0.05) is 6.92 Å². The van der Waals surface area contributed by atoms with Gasteiger partial charge in [-0.05, 0) is 50.5 Å². The maximum atomic E-state index is 5.86. The number of hydrogen-bond donors (Lipinski definition) is 2. The van der Waals surface area contributed by atoms with Gasteiger partial charge in [-0.2, -0.15) is 0 Å². The van der Waals surface area contributed by atoms with Crippen LogP contribution in [0.3, 0.4) is 0 Å². The van der Waals surface area contributed by atoms with Crippen LogP contribution in [0.5, 0.6) is 5.75 Å². The van der Waals surface area contributed by atoms with Crippen LogP contribution in [0.15, 0.2) is 24.3 Å². The second-order valence-corrected chi connectivity index (χ2v) is 4.24. The maximum absolute atomic E-state index is 5.86. The molecule has 1 aromatic carbocycles. The van der Waals surface area contributed by atoms with Gasteiger partial charge in [0.25, 0.3) is 0 Å². The molecule has 0 bridgehead atoms. The molecule has 0 saturated carbocycles. The van der Waals surface area contributed by atoms with Gasteiger partial charge < -0.3 is 16.2 Å². The molecule has 0 radical (unpaired) electrons. The first-order valence-corrected chi connectivity index (χ1v) is 5.89.